The molecule has 0 spiro atoms. The van der Waals surface area contributed by atoms with Crippen LogP contribution in [0.4, 0.5) is 0 Å². The Kier molecular flexibility index (Phi) is 5.62. The highest BCUT2D eigenvalue weighted by Gasteiger charge is 2.37. The van der Waals surface area contributed by atoms with Crippen molar-refractivity contribution in [2.24, 2.45) is 0 Å². The molecule has 0 aliphatic carbocycles. The Balaban J connectivity index is 2.16. The number of hydrogen-bond acceptors (Lipinski definition) is 2. The summed E-state index contributed by atoms with van der Waals surface area (Å²) in [6.45, 7) is 0.172. The van der Waals surface area contributed by atoms with Gasteiger partial charge in [0.05, 0.1) is 6.61 Å². The number of hydrogen-bond donors (Lipinski definition) is 1. The molecule has 3 heteroatoms. The quantitative estimate of drug-likeness (QED) is 0.502. The van der Waals surface area contributed by atoms with Crippen molar-refractivity contribution < 1.29 is 14.6 Å². The van der Waals surface area contributed by atoms with Crippen LogP contribution in [-0.4, -0.2) is 17.7 Å². The molecule has 0 bridgehead atoms. The lowest BCUT2D eigenvalue weighted by atomic mass is 9.80. The first-order valence-corrected chi connectivity index (χ1v) is 8.43. The monoisotopic (exact) mass is 344 g/mol. The summed E-state index contributed by atoms with van der Waals surface area (Å²) in [5.41, 5.74) is 2.13. The molecule has 0 aromatic heterocycles. The fourth-order valence-corrected chi connectivity index (χ4v) is 3.09. The lowest BCUT2D eigenvalue weighted by Gasteiger charge is -2.35. The fourth-order valence-electron chi connectivity index (χ4n) is 3.09. The zero-order valence-electron chi connectivity index (χ0n) is 14.3. The van der Waals surface area contributed by atoms with Gasteiger partial charge in [-0.05, 0) is 16.7 Å². The van der Waals surface area contributed by atoms with E-state index in [0.717, 1.165) is 22.8 Å². The molecule has 0 saturated carbocycles. The average molecular weight is 344 g/mol. The number of rotatable bonds is 7. The maximum absolute atomic E-state index is 10.8. The lowest BCUT2D eigenvalue weighted by molar-refractivity contribution is -0.131. The Morgan fingerprint density at radius 2 is 1.15 bits per heavy atom. The molecular formula is C23H20O3. The van der Waals surface area contributed by atoms with Crippen LogP contribution < -0.4 is 0 Å². The summed E-state index contributed by atoms with van der Waals surface area (Å²) in [5.74, 6) is -0.988. The summed E-state index contributed by atoms with van der Waals surface area (Å²) < 4.78 is 6.39. The van der Waals surface area contributed by atoms with Crippen LogP contribution in [0.15, 0.2) is 103 Å². The van der Waals surface area contributed by atoms with E-state index in [1.807, 2.05) is 91.0 Å². The molecule has 0 heterocycles. The maximum Gasteiger partial charge on any atom is 0.328 e. The normalized spacial score (nSPS) is 11.5. The number of carboxylic acids is 1. The Labute approximate surface area is 153 Å². The molecule has 1 N–H and O–H groups in total. The minimum Gasteiger partial charge on any atom is -0.478 e. The molecule has 0 atom stereocenters. The summed E-state index contributed by atoms with van der Waals surface area (Å²) in [5, 5.41) is 8.85. The third-order valence-corrected chi connectivity index (χ3v) is 4.20. The van der Waals surface area contributed by atoms with Gasteiger partial charge in [0, 0.05) is 6.08 Å². The van der Waals surface area contributed by atoms with Crippen molar-refractivity contribution in [1.29, 1.82) is 0 Å². The van der Waals surface area contributed by atoms with Crippen LogP contribution in [0.25, 0.3) is 0 Å². The van der Waals surface area contributed by atoms with Gasteiger partial charge < -0.3 is 9.84 Å². The van der Waals surface area contributed by atoms with Crippen molar-refractivity contribution in [3.63, 3.8) is 0 Å². The molecule has 3 aromatic rings. The van der Waals surface area contributed by atoms with Crippen LogP contribution in [0.3, 0.4) is 0 Å². The van der Waals surface area contributed by atoms with E-state index in [2.05, 4.69) is 0 Å². The predicted octanol–water partition coefficient (Wildman–Crippen LogP) is 4.64. The van der Waals surface area contributed by atoms with E-state index >= 15 is 0 Å². The topological polar surface area (TPSA) is 46.5 Å². The van der Waals surface area contributed by atoms with Crippen molar-refractivity contribution in [2.75, 3.05) is 6.61 Å². The number of benzene rings is 3. The van der Waals surface area contributed by atoms with E-state index in [0.29, 0.717) is 0 Å². The van der Waals surface area contributed by atoms with Crippen molar-refractivity contribution in [1.82, 2.24) is 0 Å². The summed E-state index contributed by atoms with van der Waals surface area (Å²) in [7, 11) is 0. The minimum atomic E-state index is -0.988. The average Bonchev–Trinajstić information content (AvgIpc) is 2.70. The molecule has 0 amide bonds. The summed E-state index contributed by atoms with van der Waals surface area (Å²) in [6.07, 6.45) is 2.62. The van der Waals surface area contributed by atoms with E-state index in [9.17, 15) is 4.79 Å². The molecule has 26 heavy (non-hydrogen) atoms. The smallest absolute Gasteiger partial charge is 0.328 e. The van der Waals surface area contributed by atoms with E-state index in [4.69, 9.17) is 9.84 Å². The van der Waals surface area contributed by atoms with Gasteiger partial charge in [0.15, 0.2) is 0 Å². The molecule has 0 fully saturated rings. The van der Waals surface area contributed by atoms with Gasteiger partial charge in [-0.15, -0.1) is 0 Å². The molecule has 0 aliphatic rings. The second kappa shape index (κ2) is 8.28. The number of carbonyl (C=O) groups is 1. The second-order valence-electron chi connectivity index (χ2n) is 5.83. The molecule has 0 unspecified atom stereocenters. The van der Waals surface area contributed by atoms with Crippen LogP contribution in [0.1, 0.15) is 16.7 Å². The molecule has 0 saturated heterocycles. The SMILES string of the molecule is O=C(O)C=CCOC(c1ccccc1)(c1ccccc1)c1ccccc1. The highest BCUT2D eigenvalue weighted by atomic mass is 16.5. The first kappa shape index (κ1) is 17.6. The third-order valence-electron chi connectivity index (χ3n) is 4.20. The van der Waals surface area contributed by atoms with E-state index in [-0.39, 0.29) is 6.61 Å². The van der Waals surface area contributed by atoms with Crippen LogP contribution in [0, 0.1) is 0 Å². The predicted molar refractivity (Wildman–Crippen MR) is 102 cm³/mol. The van der Waals surface area contributed by atoms with Crippen molar-refractivity contribution >= 4 is 5.97 Å². The van der Waals surface area contributed by atoms with Gasteiger partial charge in [-0.25, -0.2) is 4.79 Å². The Morgan fingerprint density at radius 3 is 1.50 bits per heavy atom. The van der Waals surface area contributed by atoms with E-state index in [1.165, 1.54) is 6.08 Å². The standard InChI is InChI=1S/C23H20O3/c24-22(25)17-10-18-26-23(19-11-4-1-5-12-19,20-13-6-2-7-14-20)21-15-8-3-9-16-21/h1-17H,18H2,(H,24,25). The Morgan fingerprint density at radius 1 is 0.769 bits per heavy atom. The molecule has 0 radical (unpaired) electrons. The lowest BCUT2D eigenvalue weighted by Crippen LogP contribution is -2.33. The van der Waals surface area contributed by atoms with Crippen LogP contribution >= 0.6 is 0 Å². The van der Waals surface area contributed by atoms with Gasteiger partial charge >= 0.3 is 5.97 Å². The molecule has 3 nitrogen and oxygen atoms in total. The summed E-state index contributed by atoms with van der Waals surface area (Å²) in [4.78, 5) is 10.8. The van der Waals surface area contributed by atoms with E-state index < -0.39 is 11.6 Å². The Hall–Kier alpha value is -3.17. The molecular weight excluding hydrogens is 324 g/mol. The van der Waals surface area contributed by atoms with E-state index in [1.54, 1.807) is 0 Å². The highest BCUT2D eigenvalue weighted by Crippen LogP contribution is 2.40. The second-order valence-corrected chi connectivity index (χ2v) is 5.83. The van der Waals surface area contributed by atoms with Gasteiger partial charge in [-0.3, -0.25) is 0 Å². The largest absolute Gasteiger partial charge is 0.478 e. The van der Waals surface area contributed by atoms with Crippen molar-refractivity contribution in [2.45, 2.75) is 5.60 Å². The molecule has 0 aliphatic heterocycles. The first-order valence-electron chi connectivity index (χ1n) is 8.43. The number of carboxylic acid groups (broad SMARTS) is 1. The van der Waals surface area contributed by atoms with Crippen LogP contribution in [0.5, 0.6) is 0 Å². The summed E-state index contributed by atoms with van der Waals surface area (Å²) >= 11 is 0. The zero-order valence-corrected chi connectivity index (χ0v) is 14.3. The van der Waals surface area contributed by atoms with Gasteiger partial charge in [0.1, 0.15) is 5.60 Å². The summed E-state index contributed by atoms with van der Waals surface area (Å²) in [6, 6.07) is 29.9. The highest BCUT2D eigenvalue weighted by molar-refractivity contribution is 5.79. The van der Waals surface area contributed by atoms with Crippen LogP contribution in [0.2, 0.25) is 0 Å². The van der Waals surface area contributed by atoms with Gasteiger partial charge in [-0.2, -0.15) is 0 Å². The van der Waals surface area contributed by atoms with Gasteiger partial charge in [0.25, 0.3) is 0 Å². The fraction of sp³-hybridized carbons (Fsp3) is 0.0870. The minimum absolute atomic E-state index is 0.172. The zero-order chi connectivity index (χ0) is 18.2. The van der Waals surface area contributed by atoms with Gasteiger partial charge in [-0.1, -0.05) is 97.1 Å². The molecule has 130 valence electrons. The molecule has 3 aromatic carbocycles. The first-order chi connectivity index (χ1) is 12.7. The number of ether oxygens (including phenoxy) is 1. The van der Waals surface area contributed by atoms with Crippen LogP contribution in [-0.2, 0) is 15.1 Å². The Bertz CT molecular complexity index is 759. The van der Waals surface area contributed by atoms with Crippen molar-refractivity contribution in [3.8, 4) is 0 Å². The number of aliphatic carboxylic acids is 1. The van der Waals surface area contributed by atoms with Crippen molar-refractivity contribution in [3.05, 3.63) is 120 Å². The third kappa shape index (κ3) is 3.73. The maximum atomic E-state index is 10.8. The molecule has 3 rings (SSSR count). The van der Waals surface area contributed by atoms with Gasteiger partial charge in [0.2, 0.25) is 0 Å².